The Morgan fingerprint density at radius 3 is 2.53 bits per heavy atom. The van der Waals surface area contributed by atoms with Gasteiger partial charge in [0.25, 0.3) is 5.69 Å². The van der Waals surface area contributed by atoms with E-state index in [1.165, 1.54) is 12.1 Å². The van der Waals surface area contributed by atoms with Crippen molar-refractivity contribution >= 4 is 5.69 Å². The molecule has 1 atom stereocenters. The van der Waals surface area contributed by atoms with E-state index < -0.39 is 4.92 Å². The van der Waals surface area contributed by atoms with E-state index in [0.717, 1.165) is 0 Å². The molecule has 5 heteroatoms. The van der Waals surface area contributed by atoms with E-state index in [4.69, 9.17) is 10.5 Å². The molecule has 5 nitrogen and oxygen atoms in total. The Morgan fingerprint density at radius 1 is 1.47 bits per heavy atom. The second-order valence-corrected chi connectivity index (χ2v) is 3.40. The molecule has 1 aromatic rings. The Hall–Kier alpha value is -1.62. The summed E-state index contributed by atoms with van der Waals surface area (Å²) < 4.78 is 5.39. The first-order chi connectivity index (χ1) is 7.13. The zero-order chi connectivity index (χ0) is 11.3. The minimum atomic E-state index is -0.438. The molecule has 0 aliphatic heterocycles. The van der Waals surface area contributed by atoms with Crippen LogP contribution in [0.1, 0.15) is 6.92 Å². The van der Waals surface area contributed by atoms with Gasteiger partial charge in [0.05, 0.1) is 11.5 Å². The van der Waals surface area contributed by atoms with Crippen LogP contribution in [0.2, 0.25) is 0 Å². The van der Waals surface area contributed by atoms with Crippen molar-refractivity contribution in [2.24, 2.45) is 11.7 Å². The summed E-state index contributed by atoms with van der Waals surface area (Å²) >= 11 is 0. The average molecular weight is 210 g/mol. The number of nitrogens with two attached hydrogens (primary N) is 1. The highest BCUT2D eigenvalue weighted by Gasteiger charge is 2.05. The molecule has 0 fully saturated rings. The lowest BCUT2D eigenvalue weighted by Crippen LogP contribution is -2.18. The maximum atomic E-state index is 10.4. The number of rotatable bonds is 5. The van der Waals surface area contributed by atoms with Crippen LogP contribution in [0.15, 0.2) is 24.3 Å². The molecule has 1 rings (SSSR count). The summed E-state index contributed by atoms with van der Waals surface area (Å²) in [5.74, 6) is 0.904. The first kappa shape index (κ1) is 11.5. The van der Waals surface area contributed by atoms with Gasteiger partial charge in [-0.1, -0.05) is 6.92 Å². The number of hydrogen-bond donors (Lipinski definition) is 1. The normalized spacial score (nSPS) is 12.1. The fraction of sp³-hybridized carbons (Fsp3) is 0.400. The molecule has 2 N–H and O–H groups in total. The maximum absolute atomic E-state index is 10.4. The molecule has 1 unspecified atom stereocenters. The van der Waals surface area contributed by atoms with E-state index in [2.05, 4.69) is 0 Å². The minimum absolute atomic E-state index is 0.0641. The number of non-ortho nitro benzene ring substituents is 1. The Labute approximate surface area is 88.0 Å². The number of nitrogens with zero attached hydrogens (tertiary/aromatic N) is 1. The highest BCUT2D eigenvalue weighted by atomic mass is 16.6. The molecule has 0 aliphatic carbocycles. The van der Waals surface area contributed by atoms with Crippen molar-refractivity contribution in [3.8, 4) is 5.75 Å². The zero-order valence-electron chi connectivity index (χ0n) is 8.55. The van der Waals surface area contributed by atoms with Crippen LogP contribution < -0.4 is 10.5 Å². The fourth-order valence-electron chi connectivity index (χ4n) is 0.971. The Kier molecular flexibility index (Phi) is 4.05. The van der Waals surface area contributed by atoms with Gasteiger partial charge in [0.15, 0.2) is 0 Å². The smallest absolute Gasteiger partial charge is 0.269 e. The van der Waals surface area contributed by atoms with Crippen LogP contribution in [0, 0.1) is 16.0 Å². The summed E-state index contributed by atoms with van der Waals surface area (Å²) in [6, 6.07) is 6.01. The van der Waals surface area contributed by atoms with Crippen molar-refractivity contribution in [2.75, 3.05) is 13.2 Å². The number of hydrogen-bond acceptors (Lipinski definition) is 4. The predicted octanol–water partition coefficient (Wildman–Crippen LogP) is 1.57. The third-order valence-electron chi connectivity index (χ3n) is 1.98. The van der Waals surface area contributed by atoms with E-state index in [0.29, 0.717) is 18.9 Å². The van der Waals surface area contributed by atoms with Crippen molar-refractivity contribution in [3.05, 3.63) is 34.4 Å². The molecular weight excluding hydrogens is 196 g/mol. The number of nitro groups is 1. The summed E-state index contributed by atoms with van der Waals surface area (Å²) in [7, 11) is 0. The molecule has 0 saturated carbocycles. The zero-order valence-corrected chi connectivity index (χ0v) is 8.55. The van der Waals surface area contributed by atoms with Crippen LogP contribution in [0.25, 0.3) is 0 Å². The first-order valence-electron chi connectivity index (χ1n) is 4.71. The topological polar surface area (TPSA) is 78.4 Å². The molecule has 0 aliphatic rings. The fourth-order valence-corrected chi connectivity index (χ4v) is 0.971. The SMILES string of the molecule is CC(CN)COc1ccc([N+](=O)[O-])cc1. The van der Waals surface area contributed by atoms with Crippen molar-refractivity contribution in [1.82, 2.24) is 0 Å². The standard InChI is InChI=1S/C10H14N2O3/c1-8(6-11)7-15-10-4-2-9(3-5-10)12(13)14/h2-5,8H,6-7,11H2,1H3. The van der Waals surface area contributed by atoms with Gasteiger partial charge in [-0.25, -0.2) is 0 Å². The largest absolute Gasteiger partial charge is 0.493 e. The van der Waals surface area contributed by atoms with Crippen molar-refractivity contribution < 1.29 is 9.66 Å². The van der Waals surface area contributed by atoms with Crippen LogP contribution in [0.5, 0.6) is 5.75 Å². The Bertz CT molecular complexity index is 324. The van der Waals surface area contributed by atoms with Crippen molar-refractivity contribution in [1.29, 1.82) is 0 Å². The summed E-state index contributed by atoms with van der Waals surface area (Å²) in [5.41, 5.74) is 5.49. The van der Waals surface area contributed by atoms with Crippen LogP contribution in [-0.4, -0.2) is 18.1 Å². The van der Waals surface area contributed by atoms with Gasteiger partial charge in [-0.3, -0.25) is 10.1 Å². The van der Waals surface area contributed by atoms with E-state index >= 15 is 0 Å². The van der Waals surface area contributed by atoms with Gasteiger partial charge >= 0.3 is 0 Å². The highest BCUT2D eigenvalue weighted by molar-refractivity contribution is 5.35. The molecule has 0 saturated heterocycles. The molecule has 82 valence electrons. The van der Waals surface area contributed by atoms with Gasteiger partial charge in [0.1, 0.15) is 5.75 Å². The molecule has 0 radical (unpaired) electrons. The van der Waals surface area contributed by atoms with E-state index in [1.54, 1.807) is 12.1 Å². The van der Waals surface area contributed by atoms with Gasteiger partial charge in [0, 0.05) is 18.1 Å². The summed E-state index contributed by atoms with van der Waals surface area (Å²) in [4.78, 5) is 9.93. The van der Waals surface area contributed by atoms with Gasteiger partial charge in [0.2, 0.25) is 0 Å². The molecule has 0 amide bonds. The lowest BCUT2D eigenvalue weighted by atomic mass is 10.2. The number of ether oxygens (including phenoxy) is 1. The third-order valence-corrected chi connectivity index (χ3v) is 1.98. The molecule has 0 spiro atoms. The number of nitro benzene ring substituents is 1. The number of benzene rings is 1. The van der Waals surface area contributed by atoms with Crippen molar-refractivity contribution in [2.45, 2.75) is 6.92 Å². The van der Waals surface area contributed by atoms with Gasteiger partial charge < -0.3 is 10.5 Å². The molecule has 0 heterocycles. The lowest BCUT2D eigenvalue weighted by Gasteiger charge is -2.10. The van der Waals surface area contributed by atoms with Gasteiger partial charge in [-0.2, -0.15) is 0 Å². The summed E-state index contributed by atoms with van der Waals surface area (Å²) in [6.45, 7) is 3.06. The van der Waals surface area contributed by atoms with Crippen LogP contribution in [0.4, 0.5) is 5.69 Å². The molecule has 15 heavy (non-hydrogen) atoms. The van der Waals surface area contributed by atoms with Gasteiger partial charge in [-0.05, 0) is 18.7 Å². The van der Waals surface area contributed by atoms with Crippen LogP contribution in [-0.2, 0) is 0 Å². The lowest BCUT2D eigenvalue weighted by molar-refractivity contribution is -0.384. The second-order valence-electron chi connectivity index (χ2n) is 3.40. The molecule has 0 aromatic heterocycles. The monoisotopic (exact) mass is 210 g/mol. The maximum Gasteiger partial charge on any atom is 0.269 e. The summed E-state index contributed by atoms with van der Waals surface area (Å²) in [6.07, 6.45) is 0. The quantitative estimate of drug-likeness (QED) is 0.591. The molecular formula is C10H14N2O3. The Morgan fingerprint density at radius 2 is 2.07 bits per heavy atom. The van der Waals surface area contributed by atoms with E-state index in [-0.39, 0.29) is 11.6 Å². The van der Waals surface area contributed by atoms with Crippen molar-refractivity contribution in [3.63, 3.8) is 0 Å². The second kappa shape index (κ2) is 5.31. The Balaban J connectivity index is 2.53. The molecule has 0 bridgehead atoms. The highest BCUT2D eigenvalue weighted by Crippen LogP contribution is 2.17. The first-order valence-corrected chi connectivity index (χ1v) is 4.71. The summed E-state index contributed by atoms with van der Waals surface area (Å²) in [5, 5.41) is 10.4. The average Bonchev–Trinajstić information content (AvgIpc) is 2.26. The van der Waals surface area contributed by atoms with E-state index in [9.17, 15) is 10.1 Å². The van der Waals surface area contributed by atoms with Crippen LogP contribution in [0.3, 0.4) is 0 Å². The van der Waals surface area contributed by atoms with Gasteiger partial charge in [-0.15, -0.1) is 0 Å². The minimum Gasteiger partial charge on any atom is -0.493 e. The van der Waals surface area contributed by atoms with Crippen LogP contribution >= 0.6 is 0 Å². The third kappa shape index (κ3) is 3.55. The predicted molar refractivity (Wildman–Crippen MR) is 56.8 cm³/mol. The molecule has 1 aromatic carbocycles. The van der Waals surface area contributed by atoms with E-state index in [1.807, 2.05) is 6.92 Å².